The molecule has 1 aromatic carbocycles. The van der Waals surface area contributed by atoms with Crippen molar-refractivity contribution >= 4 is 0 Å². The Morgan fingerprint density at radius 3 is 0.405 bits per heavy atom. The lowest BCUT2D eigenvalue weighted by atomic mass is 9.60. The van der Waals surface area contributed by atoms with E-state index in [9.17, 15) is 0 Å². The van der Waals surface area contributed by atoms with Crippen molar-refractivity contribution in [3.05, 3.63) is 33.4 Å². The highest BCUT2D eigenvalue weighted by Crippen LogP contribution is 2.57. The average Bonchev–Trinajstić information content (AvgIpc) is 3.09. The maximum Gasteiger partial charge on any atom is -0.0156 e. The average molecular weight is 571 g/mol. The minimum absolute atomic E-state index is 0.887. The van der Waals surface area contributed by atoms with E-state index >= 15 is 0 Å². The molecule has 6 saturated carbocycles. The Labute approximate surface area is 261 Å². The highest BCUT2D eigenvalue weighted by molar-refractivity contribution is 5.60. The van der Waals surface area contributed by atoms with Crippen LogP contribution in [0.1, 0.15) is 262 Å². The molecule has 0 heterocycles. The van der Waals surface area contributed by atoms with Gasteiger partial charge in [0.25, 0.3) is 0 Å². The van der Waals surface area contributed by atoms with Crippen molar-refractivity contribution in [2.75, 3.05) is 0 Å². The van der Waals surface area contributed by atoms with Gasteiger partial charge in [0.05, 0.1) is 0 Å². The first-order valence-corrected chi connectivity index (χ1v) is 20.1. The van der Waals surface area contributed by atoms with Crippen molar-refractivity contribution in [2.45, 2.75) is 228 Å². The molecule has 0 bridgehead atoms. The van der Waals surface area contributed by atoms with Gasteiger partial charge in [-0.25, -0.2) is 0 Å². The Balaban J connectivity index is 1.54. The number of hydrogen-bond acceptors (Lipinski definition) is 0. The largest absolute Gasteiger partial charge is 0.0533 e. The third-order valence-corrected chi connectivity index (χ3v) is 13.8. The van der Waals surface area contributed by atoms with Crippen LogP contribution in [0.4, 0.5) is 0 Å². The quantitative estimate of drug-likeness (QED) is 0.319. The van der Waals surface area contributed by atoms with Gasteiger partial charge in [-0.2, -0.15) is 0 Å². The Morgan fingerprint density at radius 2 is 0.286 bits per heavy atom. The molecule has 234 valence electrons. The standard InChI is InChI=1S/C42H66/c1-7-19-31(20-8-1)37-38(32-21-9-2-10-22-32)40(34-25-13-4-14-26-34)42(36-29-17-6-18-30-36)41(35-27-15-5-16-28-35)39(37)33-23-11-3-12-24-33/h31-36H,1-30H2. The van der Waals surface area contributed by atoms with E-state index in [4.69, 9.17) is 0 Å². The van der Waals surface area contributed by atoms with Crippen molar-refractivity contribution < 1.29 is 0 Å². The van der Waals surface area contributed by atoms with Gasteiger partial charge in [0.1, 0.15) is 0 Å². The Hall–Kier alpha value is -0.780. The molecule has 0 heteroatoms. The van der Waals surface area contributed by atoms with Crippen molar-refractivity contribution in [3.8, 4) is 0 Å². The molecule has 0 aliphatic heterocycles. The molecule has 0 atom stereocenters. The van der Waals surface area contributed by atoms with E-state index in [-0.39, 0.29) is 0 Å². The van der Waals surface area contributed by atoms with Gasteiger partial charge >= 0.3 is 0 Å². The van der Waals surface area contributed by atoms with Gasteiger partial charge in [-0.3, -0.25) is 0 Å². The maximum atomic E-state index is 2.09. The maximum absolute atomic E-state index is 2.09. The zero-order valence-electron chi connectivity index (χ0n) is 27.7. The van der Waals surface area contributed by atoms with Crippen molar-refractivity contribution in [3.63, 3.8) is 0 Å². The molecule has 6 aliphatic carbocycles. The summed E-state index contributed by atoms with van der Waals surface area (Å²) in [4.78, 5) is 0. The van der Waals surface area contributed by atoms with E-state index in [1.165, 1.54) is 193 Å². The monoisotopic (exact) mass is 571 g/mol. The van der Waals surface area contributed by atoms with Gasteiger partial charge in [0.15, 0.2) is 0 Å². The summed E-state index contributed by atoms with van der Waals surface area (Å²) in [6.45, 7) is 0. The molecule has 0 nitrogen and oxygen atoms in total. The minimum Gasteiger partial charge on any atom is -0.0533 e. The number of rotatable bonds is 6. The van der Waals surface area contributed by atoms with Crippen LogP contribution in [0.25, 0.3) is 0 Å². The third-order valence-electron chi connectivity index (χ3n) is 13.8. The first-order chi connectivity index (χ1) is 20.9. The molecule has 0 amide bonds. The molecular formula is C42H66. The predicted molar refractivity (Wildman–Crippen MR) is 181 cm³/mol. The molecule has 0 unspecified atom stereocenters. The van der Waals surface area contributed by atoms with Crippen LogP contribution in [0.15, 0.2) is 0 Å². The van der Waals surface area contributed by atoms with Crippen LogP contribution in [0, 0.1) is 0 Å². The summed E-state index contributed by atoms with van der Waals surface area (Å²) in [7, 11) is 0. The van der Waals surface area contributed by atoms with Gasteiger partial charge < -0.3 is 0 Å². The van der Waals surface area contributed by atoms with Gasteiger partial charge in [-0.1, -0.05) is 116 Å². The summed E-state index contributed by atoms with van der Waals surface area (Å²) in [5, 5.41) is 0. The normalized spacial score (nSPS) is 27.4. The highest BCUT2D eigenvalue weighted by atomic mass is 14.5. The summed E-state index contributed by atoms with van der Waals surface area (Å²) in [5.74, 6) is 5.32. The van der Waals surface area contributed by atoms with Crippen LogP contribution in [0.3, 0.4) is 0 Å². The van der Waals surface area contributed by atoms with Crippen LogP contribution in [-0.2, 0) is 0 Å². The zero-order chi connectivity index (χ0) is 28.1. The lowest BCUT2D eigenvalue weighted by molar-refractivity contribution is 0.373. The lowest BCUT2D eigenvalue weighted by Crippen LogP contribution is -2.28. The van der Waals surface area contributed by atoms with E-state index in [1.807, 2.05) is 0 Å². The predicted octanol–water partition coefficient (Wildman–Crippen LogP) is 14.0. The van der Waals surface area contributed by atoms with Crippen LogP contribution in [-0.4, -0.2) is 0 Å². The van der Waals surface area contributed by atoms with Crippen molar-refractivity contribution in [1.82, 2.24) is 0 Å². The summed E-state index contributed by atoms with van der Waals surface area (Å²) >= 11 is 0. The molecule has 0 aromatic heterocycles. The second kappa shape index (κ2) is 14.5. The molecule has 42 heavy (non-hydrogen) atoms. The molecule has 6 fully saturated rings. The highest BCUT2D eigenvalue weighted by Gasteiger charge is 2.41. The first kappa shape index (κ1) is 29.9. The Bertz CT molecular complexity index is 750. The fourth-order valence-electron chi connectivity index (χ4n) is 11.9. The fraction of sp³-hybridized carbons (Fsp3) is 0.857. The second-order valence-corrected chi connectivity index (χ2v) is 16.5. The molecular weight excluding hydrogens is 504 g/mol. The number of benzene rings is 1. The second-order valence-electron chi connectivity index (χ2n) is 16.5. The third kappa shape index (κ3) is 6.32. The molecule has 6 aliphatic rings. The summed E-state index contributed by atoms with van der Waals surface area (Å²) in [6, 6.07) is 0. The van der Waals surface area contributed by atoms with E-state index in [2.05, 4.69) is 33.4 Å². The van der Waals surface area contributed by atoms with Crippen LogP contribution < -0.4 is 0 Å². The van der Waals surface area contributed by atoms with Gasteiger partial charge in [0.2, 0.25) is 0 Å². The Morgan fingerprint density at radius 1 is 0.167 bits per heavy atom. The Kier molecular flexibility index (Phi) is 10.4. The van der Waals surface area contributed by atoms with Crippen LogP contribution >= 0.6 is 0 Å². The molecule has 0 radical (unpaired) electrons. The summed E-state index contributed by atoms with van der Waals surface area (Å²) in [6.07, 6.45) is 45.1. The smallest absolute Gasteiger partial charge is 0.0156 e. The number of hydrogen-bond donors (Lipinski definition) is 0. The van der Waals surface area contributed by atoms with Crippen molar-refractivity contribution in [1.29, 1.82) is 0 Å². The van der Waals surface area contributed by atoms with Gasteiger partial charge in [-0.05, 0) is 146 Å². The first-order valence-electron chi connectivity index (χ1n) is 20.1. The van der Waals surface area contributed by atoms with Crippen molar-refractivity contribution in [2.24, 2.45) is 0 Å². The molecule has 0 N–H and O–H groups in total. The molecule has 1 aromatic rings. The minimum atomic E-state index is 0.887. The summed E-state index contributed by atoms with van der Waals surface area (Å²) < 4.78 is 0. The lowest BCUT2D eigenvalue weighted by Gasteiger charge is -2.44. The zero-order valence-corrected chi connectivity index (χ0v) is 27.7. The molecule has 7 rings (SSSR count). The van der Waals surface area contributed by atoms with E-state index < -0.39 is 0 Å². The van der Waals surface area contributed by atoms with Crippen LogP contribution in [0.2, 0.25) is 0 Å². The van der Waals surface area contributed by atoms with E-state index in [0.29, 0.717) is 0 Å². The topological polar surface area (TPSA) is 0 Å². The SMILES string of the molecule is C1CCC(c2c(C3CCCCC3)c(C3CCCCC3)c(C3CCCCC3)c(C3CCCCC3)c2C2CCCCC2)CC1. The molecule has 0 spiro atoms. The van der Waals surface area contributed by atoms with Crippen LogP contribution in [0.5, 0.6) is 0 Å². The summed E-state index contributed by atoms with van der Waals surface area (Å²) in [5.41, 5.74) is 12.6. The van der Waals surface area contributed by atoms with E-state index in [0.717, 1.165) is 35.5 Å². The molecule has 0 saturated heterocycles. The van der Waals surface area contributed by atoms with Gasteiger partial charge in [-0.15, -0.1) is 0 Å². The fourth-order valence-corrected chi connectivity index (χ4v) is 11.9. The van der Waals surface area contributed by atoms with Gasteiger partial charge in [0, 0.05) is 0 Å². The van der Waals surface area contributed by atoms with E-state index in [1.54, 1.807) is 0 Å².